The largest absolute Gasteiger partial charge is 0.381 e. The lowest BCUT2D eigenvalue weighted by atomic mass is 9.88. The molecule has 1 saturated heterocycles. The van der Waals surface area contributed by atoms with Crippen molar-refractivity contribution in [1.29, 1.82) is 0 Å². The van der Waals surface area contributed by atoms with Crippen LogP contribution in [0.5, 0.6) is 0 Å². The van der Waals surface area contributed by atoms with Crippen LogP contribution in [0.15, 0.2) is 18.3 Å². The minimum absolute atomic E-state index is 0.261. The van der Waals surface area contributed by atoms with E-state index in [2.05, 4.69) is 4.98 Å². The SMILES string of the molecule is N[C@@H](c1cccnc1F)C1CCOCC1. The molecule has 2 rings (SSSR count). The van der Waals surface area contributed by atoms with Crippen LogP contribution in [-0.2, 0) is 4.74 Å². The van der Waals surface area contributed by atoms with Crippen LogP contribution in [0.1, 0.15) is 24.4 Å². The molecule has 1 fully saturated rings. The van der Waals surface area contributed by atoms with E-state index in [1.54, 1.807) is 12.1 Å². The lowest BCUT2D eigenvalue weighted by molar-refractivity contribution is 0.0579. The monoisotopic (exact) mass is 210 g/mol. The molecule has 0 radical (unpaired) electrons. The minimum Gasteiger partial charge on any atom is -0.381 e. The van der Waals surface area contributed by atoms with E-state index in [1.807, 2.05) is 0 Å². The zero-order valence-corrected chi connectivity index (χ0v) is 8.53. The quantitative estimate of drug-likeness (QED) is 0.755. The fraction of sp³-hybridized carbons (Fsp3) is 0.545. The third-order valence-electron chi connectivity index (χ3n) is 2.92. The number of rotatable bonds is 2. The fourth-order valence-corrected chi connectivity index (χ4v) is 1.98. The third kappa shape index (κ3) is 2.33. The number of ether oxygens (including phenoxy) is 1. The second kappa shape index (κ2) is 4.68. The molecule has 3 nitrogen and oxygen atoms in total. The summed E-state index contributed by atoms with van der Waals surface area (Å²) in [7, 11) is 0. The topological polar surface area (TPSA) is 48.1 Å². The van der Waals surface area contributed by atoms with Crippen LogP contribution in [0.2, 0.25) is 0 Å². The van der Waals surface area contributed by atoms with E-state index in [4.69, 9.17) is 10.5 Å². The molecule has 1 aliphatic heterocycles. The minimum atomic E-state index is -0.448. The molecule has 1 aromatic heterocycles. The number of hydrogen-bond donors (Lipinski definition) is 1. The predicted octanol–water partition coefficient (Wildman–Crippen LogP) is 1.65. The zero-order chi connectivity index (χ0) is 10.7. The summed E-state index contributed by atoms with van der Waals surface area (Å²) in [5.74, 6) is -0.144. The lowest BCUT2D eigenvalue weighted by Gasteiger charge is -2.27. The molecule has 2 heterocycles. The van der Waals surface area contributed by atoms with Gasteiger partial charge in [0, 0.05) is 31.0 Å². The molecule has 0 saturated carbocycles. The molecule has 1 aromatic rings. The summed E-state index contributed by atoms with van der Waals surface area (Å²) in [6.45, 7) is 1.44. The van der Waals surface area contributed by atoms with Crippen LogP contribution in [0.25, 0.3) is 0 Å². The summed E-state index contributed by atoms with van der Waals surface area (Å²) in [5.41, 5.74) is 6.55. The summed E-state index contributed by atoms with van der Waals surface area (Å²) >= 11 is 0. The first-order valence-corrected chi connectivity index (χ1v) is 5.23. The van der Waals surface area contributed by atoms with E-state index in [0.717, 1.165) is 26.1 Å². The van der Waals surface area contributed by atoms with Crippen LogP contribution in [0.4, 0.5) is 4.39 Å². The van der Waals surface area contributed by atoms with Gasteiger partial charge in [-0.3, -0.25) is 0 Å². The van der Waals surface area contributed by atoms with E-state index in [0.29, 0.717) is 11.5 Å². The maximum Gasteiger partial charge on any atom is 0.217 e. The molecular formula is C11H15FN2O. The third-order valence-corrected chi connectivity index (χ3v) is 2.92. The molecule has 4 heteroatoms. The molecule has 0 unspecified atom stereocenters. The molecule has 0 spiro atoms. The Balaban J connectivity index is 2.12. The Kier molecular flexibility index (Phi) is 3.28. The Hall–Kier alpha value is -1.00. The van der Waals surface area contributed by atoms with Gasteiger partial charge in [-0.25, -0.2) is 4.98 Å². The highest BCUT2D eigenvalue weighted by molar-refractivity contribution is 5.16. The van der Waals surface area contributed by atoms with Crippen LogP contribution >= 0.6 is 0 Å². The number of nitrogens with zero attached hydrogens (tertiary/aromatic N) is 1. The highest BCUT2D eigenvalue weighted by Crippen LogP contribution is 2.28. The summed E-state index contributed by atoms with van der Waals surface area (Å²) in [6.07, 6.45) is 3.24. The zero-order valence-electron chi connectivity index (χ0n) is 8.53. The molecule has 82 valence electrons. The van der Waals surface area contributed by atoms with Crippen LogP contribution in [-0.4, -0.2) is 18.2 Å². The summed E-state index contributed by atoms with van der Waals surface area (Å²) in [5, 5.41) is 0. The van der Waals surface area contributed by atoms with Crippen molar-refractivity contribution in [2.75, 3.05) is 13.2 Å². The van der Waals surface area contributed by atoms with Crippen molar-refractivity contribution in [3.8, 4) is 0 Å². The van der Waals surface area contributed by atoms with Gasteiger partial charge in [-0.05, 0) is 24.8 Å². The van der Waals surface area contributed by atoms with Crippen molar-refractivity contribution >= 4 is 0 Å². The van der Waals surface area contributed by atoms with Gasteiger partial charge in [-0.15, -0.1) is 0 Å². The van der Waals surface area contributed by atoms with Crippen LogP contribution in [0, 0.1) is 11.9 Å². The number of halogens is 1. The highest BCUT2D eigenvalue weighted by Gasteiger charge is 2.24. The Morgan fingerprint density at radius 3 is 2.87 bits per heavy atom. The van der Waals surface area contributed by atoms with E-state index >= 15 is 0 Å². The van der Waals surface area contributed by atoms with Crippen molar-refractivity contribution in [2.45, 2.75) is 18.9 Å². The lowest BCUT2D eigenvalue weighted by Crippen LogP contribution is -2.28. The van der Waals surface area contributed by atoms with Crippen molar-refractivity contribution in [1.82, 2.24) is 4.98 Å². The molecule has 0 aliphatic carbocycles. The second-order valence-electron chi connectivity index (χ2n) is 3.86. The van der Waals surface area contributed by atoms with Crippen LogP contribution in [0.3, 0.4) is 0 Å². The molecule has 1 aliphatic rings. The number of hydrogen-bond acceptors (Lipinski definition) is 3. The number of pyridine rings is 1. The van der Waals surface area contributed by atoms with E-state index in [-0.39, 0.29) is 6.04 Å². The fourth-order valence-electron chi connectivity index (χ4n) is 1.98. The van der Waals surface area contributed by atoms with Crippen molar-refractivity contribution in [3.63, 3.8) is 0 Å². The number of aromatic nitrogens is 1. The molecule has 0 amide bonds. The van der Waals surface area contributed by atoms with E-state index in [9.17, 15) is 4.39 Å². The van der Waals surface area contributed by atoms with Gasteiger partial charge in [0.15, 0.2) is 0 Å². The molecule has 0 bridgehead atoms. The smallest absolute Gasteiger partial charge is 0.217 e. The molecule has 15 heavy (non-hydrogen) atoms. The van der Waals surface area contributed by atoms with Crippen molar-refractivity contribution < 1.29 is 9.13 Å². The number of nitrogens with two attached hydrogens (primary N) is 1. The molecule has 2 N–H and O–H groups in total. The van der Waals surface area contributed by atoms with Gasteiger partial charge in [0.25, 0.3) is 0 Å². The van der Waals surface area contributed by atoms with Gasteiger partial charge >= 0.3 is 0 Å². The average Bonchev–Trinajstić information content (AvgIpc) is 2.30. The van der Waals surface area contributed by atoms with E-state index in [1.165, 1.54) is 6.20 Å². The Labute approximate surface area is 88.5 Å². The van der Waals surface area contributed by atoms with Gasteiger partial charge in [-0.2, -0.15) is 4.39 Å². The average molecular weight is 210 g/mol. The molecular weight excluding hydrogens is 195 g/mol. The Morgan fingerprint density at radius 1 is 1.47 bits per heavy atom. The van der Waals surface area contributed by atoms with Gasteiger partial charge in [0.05, 0.1) is 0 Å². The van der Waals surface area contributed by atoms with Crippen molar-refractivity contribution in [3.05, 3.63) is 29.8 Å². The Morgan fingerprint density at radius 2 is 2.20 bits per heavy atom. The van der Waals surface area contributed by atoms with Gasteiger partial charge in [0.1, 0.15) is 0 Å². The van der Waals surface area contributed by atoms with E-state index < -0.39 is 5.95 Å². The first kappa shape index (κ1) is 10.5. The molecule has 0 aromatic carbocycles. The van der Waals surface area contributed by atoms with Crippen molar-refractivity contribution in [2.24, 2.45) is 11.7 Å². The highest BCUT2D eigenvalue weighted by atomic mass is 19.1. The maximum atomic E-state index is 13.4. The molecule has 1 atom stereocenters. The first-order valence-electron chi connectivity index (χ1n) is 5.23. The maximum absolute atomic E-state index is 13.4. The second-order valence-corrected chi connectivity index (χ2v) is 3.86. The summed E-state index contributed by atoms with van der Waals surface area (Å²) in [6, 6.07) is 3.17. The summed E-state index contributed by atoms with van der Waals surface area (Å²) in [4.78, 5) is 3.62. The normalized spacial score (nSPS) is 20.1. The standard InChI is InChI=1S/C11H15FN2O/c12-11-9(2-1-5-14-11)10(13)8-3-6-15-7-4-8/h1-2,5,8,10H,3-4,6-7,13H2/t10-/m1/s1. The Bertz CT molecular complexity index is 326. The van der Waals surface area contributed by atoms with Crippen LogP contribution < -0.4 is 5.73 Å². The van der Waals surface area contributed by atoms with Gasteiger partial charge in [-0.1, -0.05) is 6.07 Å². The predicted molar refractivity (Wildman–Crippen MR) is 54.7 cm³/mol. The first-order chi connectivity index (χ1) is 7.29. The summed E-state index contributed by atoms with van der Waals surface area (Å²) < 4.78 is 18.6. The van der Waals surface area contributed by atoms with Gasteiger partial charge < -0.3 is 10.5 Å². The van der Waals surface area contributed by atoms with Gasteiger partial charge in [0.2, 0.25) is 5.95 Å².